The number of hydrogen-bond donors (Lipinski definition) is 2. The highest BCUT2D eigenvalue weighted by molar-refractivity contribution is 7.89. The fourth-order valence-electron chi connectivity index (χ4n) is 3.27. The smallest absolute Gasteiger partial charge is 0.242 e. The number of hydrogen-bond acceptors (Lipinski definition) is 6. The van der Waals surface area contributed by atoms with Gasteiger partial charge in [-0.05, 0) is 37.1 Å². The first-order chi connectivity index (χ1) is 15.4. The first kappa shape index (κ1) is 23.7. The van der Waals surface area contributed by atoms with E-state index in [9.17, 15) is 18.0 Å². The van der Waals surface area contributed by atoms with Gasteiger partial charge in [-0.1, -0.05) is 24.3 Å². The van der Waals surface area contributed by atoms with E-state index in [1.54, 1.807) is 42.5 Å². The fraction of sp³-hybridized carbons (Fsp3) is 0.364. The monoisotopic (exact) mass is 461 g/mol. The largest absolute Gasteiger partial charge is 0.497 e. The van der Waals surface area contributed by atoms with Crippen molar-refractivity contribution in [2.75, 3.05) is 38.3 Å². The molecule has 10 heteroatoms. The molecule has 0 radical (unpaired) electrons. The first-order valence-corrected chi connectivity index (χ1v) is 11.7. The highest BCUT2D eigenvalue weighted by Gasteiger charge is 2.23. The molecule has 2 N–H and O–H groups in total. The highest BCUT2D eigenvalue weighted by atomic mass is 32.2. The number of sulfonamides is 1. The lowest BCUT2D eigenvalue weighted by molar-refractivity contribution is -0.123. The van der Waals surface area contributed by atoms with Gasteiger partial charge >= 0.3 is 0 Å². The van der Waals surface area contributed by atoms with Crippen molar-refractivity contribution < 1.29 is 27.5 Å². The van der Waals surface area contributed by atoms with E-state index in [0.717, 1.165) is 12.8 Å². The molecular weight excluding hydrogens is 434 g/mol. The number of rotatable bonds is 10. The maximum absolute atomic E-state index is 13.0. The van der Waals surface area contributed by atoms with Crippen LogP contribution in [0.1, 0.15) is 12.8 Å². The molecule has 0 unspecified atom stereocenters. The van der Waals surface area contributed by atoms with Crippen molar-refractivity contribution in [1.82, 2.24) is 10.0 Å². The predicted molar refractivity (Wildman–Crippen MR) is 119 cm³/mol. The Bertz CT molecular complexity index is 1020. The lowest BCUT2D eigenvalue weighted by Crippen LogP contribution is -2.46. The molecule has 3 rings (SSSR count). The zero-order valence-corrected chi connectivity index (χ0v) is 18.6. The molecule has 1 aliphatic heterocycles. The molecule has 0 bridgehead atoms. The van der Waals surface area contributed by atoms with Gasteiger partial charge < -0.3 is 19.7 Å². The lowest BCUT2D eigenvalue weighted by atomic mass is 10.2. The summed E-state index contributed by atoms with van der Waals surface area (Å²) in [7, 11) is -2.38. The van der Waals surface area contributed by atoms with Crippen molar-refractivity contribution >= 4 is 27.5 Å². The average Bonchev–Trinajstić information content (AvgIpc) is 3.34. The molecule has 0 aliphatic carbocycles. The van der Waals surface area contributed by atoms with E-state index in [0.29, 0.717) is 24.6 Å². The van der Waals surface area contributed by atoms with Crippen LogP contribution in [0.4, 0.5) is 5.69 Å². The standard InChI is InChI=1S/C22H27N3O6S/c1-30-18-8-5-7-17(13-18)25(16-21(26)23-14-19-9-6-12-31-19)22(27)15-24-32(28,29)20-10-3-2-4-11-20/h2-5,7-8,10-11,13,19,24H,6,9,12,14-16H2,1H3,(H,23,26)/t19-/m1/s1. The number of nitrogens with zero attached hydrogens (tertiary/aromatic N) is 1. The number of nitrogens with one attached hydrogen (secondary N) is 2. The van der Waals surface area contributed by atoms with Crippen LogP contribution in [-0.2, 0) is 24.3 Å². The van der Waals surface area contributed by atoms with Crippen LogP contribution in [0.2, 0.25) is 0 Å². The molecule has 172 valence electrons. The molecule has 2 aromatic rings. The molecule has 1 heterocycles. The van der Waals surface area contributed by atoms with E-state index in [2.05, 4.69) is 10.0 Å². The minimum Gasteiger partial charge on any atom is -0.497 e. The van der Waals surface area contributed by atoms with Gasteiger partial charge in [0, 0.05) is 24.9 Å². The van der Waals surface area contributed by atoms with Crippen LogP contribution in [0.15, 0.2) is 59.5 Å². The Morgan fingerprint density at radius 2 is 1.94 bits per heavy atom. The molecule has 32 heavy (non-hydrogen) atoms. The second-order valence-corrected chi connectivity index (χ2v) is 9.03. The zero-order valence-electron chi connectivity index (χ0n) is 17.8. The molecule has 1 aliphatic rings. The van der Waals surface area contributed by atoms with Crippen molar-refractivity contribution in [3.8, 4) is 5.75 Å². The summed E-state index contributed by atoms with van der Waals surface area (Å²) >= 11 is 0. The summed E-state index contributed by atoms with van der Waals surface area (Å²) in [5, 5.41) is 2.78. The predicted octanol–water partition coefficient (Wildman–Crippen LogP) is 1.30. The Balaban J connectivity index is 1.70. The van der Waals surface area contributed by atoms with E-state index < -0.39 is 22.5 Å². The molecule has 0 spiro atoms. The van der Waals surface area contributed by atoms with Gasteiger partial charge in [-0.3, -0.25) is 9.59 Å². The molecule has 2 amide bonds. The van der Waals surface area contributed by atoms with E-state index in [-0.39, 0.29) is 23.5 Å². The molecule has 1 saturated heterocycles. The van der Waals surface area contributed by atoms with Gasteiger partial charge in [-0.25, -0.2) is 13.1 Å². The third kappa shape index (κ3) is 6.52. The highest BCUT2D eigenvalue weighted by Crippen LogP contribution is 2.21. The Labute approximate surface area is 187 Å². The van der Waals surface area contributed by atoms with Crippen molar-refractivity contribution in [1.29, 1.82) is 0 Å². The minimum absolute atomic E-state index is 0.0300. The lowest BCUT2D eigenvalue weighted by Gasteiger charge is -2.23. The zero-order chi connectivity index (χ0) is 23.0. The van der Waals surface area contributed by atoms with Gasteiger partial charge in [0.1, 0.15) is 12.3 Å². The summed E-state index contributed by atoms with van der Waals surface area (Å²) in [5.41, 5.74) is 0.417. The number of benzene rings is 2. The summed E-state index contributed by atoms with van der Waals surface area (Å²) in [6.07, 6.45) is 1.80. The van der Waals surface area contributed by atoms with Gasteiger partial charge in [-0.2, -0.15) is 0 Å². The number of ether oxygens (including phenoxy) is 2. The van der Waals surface area contributed by atoms with Crippen molar-refractivity contribution in [2.45, 2.75) is 23.8 Å². The summed E-state index contributed by atoms with van der Waals surface area (Å²) in [6, 6.07) is 14.4. The Morgan fingerprint density at radius 1 is 1.16 bits per heavy atom. The number of methoxy groups -OCH3 is 1. The van der Waals surface area contributed by atoms with Crippen LogP contribution >= 0.6 is 0 Å². The van der Waals surface area contributed by atoms with Crippen LogP contribution in [0, 0.1) is 0 Å². The molecule has 9 nitrogen and oxygen atoms in total. The third-order valence-corrected chi connectivity index (χ3v) is 6.40. The Hall–Kier alpha value is -2.95. The van der Waals surface area contributed by atoms with E-state index in [1.165, 1.54) is 24.1 Å². The fourth-order valence-corrected chi connectivity index (χ4v) is 4.27. The van der Waals surface area contributed by atoms with E-state index >= 15 is 0 Å². The summed E-state index contributed by atoms with van der Waals surface area (Å²) in [4.78, 5) is 26.8. The average molecular weight is 462 g/mol. The van der Waals surface area contributed by atoms with Gasteiger partial charge in [0.05, 0.1) is 24.7 Å². The first-order valence-electron chi connectivity index (χ1n) is 10.3. The number of carbonyl (C=O) groups excluding carboxylic acids is 2. The molecule has 0 aromatic heterocycles. The van der Waals surface area contributed by atoms with Crippen LogP contribution < -0.4 is 19.7 Å². The molecule has 0 saturated carbocycles. The second-order valence-electron chi connectivity index (χ2n) is 7.26. The van der Waals surface area contributed by atoms with Gasteiger partial charge in [0.15, 0.2) is 0 Å². The van der Waals surface area contributed by atoms with E-state index in [4.69, 9.17) is 9.47 Å². The Kier molecular flexibility index (Phi) is 8.20. The van der Waals surface area contributed by atoms with Crippen molar-refractivity contribution in [3.63, 3.8) is 0 Å². The normalized spacial score (nSPS) is 15.8. The van der Waals surface area contributed by atoms with Gasteiger partial charge in [-0.15, -0.1) is 0 Å². The minimum atomic E-state index is -3.87. The SMILES string of the molecule is COc1cccc(N(CC(=O)NC[C@H]2CCCO2)C(=O)CNS(=O)(=O)c2ccccc2)c1. The molecule has 2 aromatic carbocycles. The van der Waals surface area contributed by atoms with E-state index in [1.807, 2.05) is 0 Å². The molecule has 1 atom stereocenters. The van der Waals surface area contributed by atoms with Crippen LogP contribution in [0.25, 0.3) is 0 Å². The van der Waals surface area contributed by atoms with Crippen LogP contribution in [0.3, 0.4) is 0 Å². The second kappa shape index (κ2) is 11.1. The topological polar surface area (TPSA) is 114 Å². The van der Waals surface area contributed by atoms with Crippen molar-refractivity contribution in [2.24, 2.45) is 0 Å². The number of amides is 2. The van der Waals surface area contributed by atoms with Crippen LogP contribution in [0.5, 0.6) is 5.75 Å². The molecule has 1 fully saturated rings. The third-order valence-electron chi connectivity index (χ3n) is 4.99. The van der Waals surface area contributed by atoms with Gasteiger partial charge in [0.2, 0.25) is 21.8 Å². The van der Waals surface area contributed by atoms with Crippen molar-refractivity contribution in [3.05, 3.63) is 54.6 Å². The Morgan fingerprint density at radius 3 is 2.62 bits per heavy atom. The van der Waals surface area contributed by atoms with Gasteiger partial charge in [0.25, 0.3) is 0 Å². The summed E-state index contributed by atoms with van der Waals surface area (Å²) < 4.78 is 38.0. The maximum atomic E-state index is 13.0. The maximum Gasteiger partial charge on any atom is 0.242 e. The number of anilines is 1. The van der Waals surface area contributed by atoms with Crippen LogP contribution in [-0.4, -0.2) is 59.7 Å². The number of carbonyl (C=O) groups is 2. The quantitative estimate of drug-likeness (QED) is 0.551. The summed E-state index contributed by atoms with van der Waals surface area (Å²) in [5.74, 6) is -0.447. The summed E-state index contributed by atoms with van der Waals surface area (Å²) in [6.45, 7) is 0.259. The molecular formula is C22H27N3O6S.